The van der Waals surface area contributed by atoms with Gasteiger partial charge >= 0.3 is 0 Å². The van der Waals surface area contributed by atoms with Gasteiger partial charge in [-0.1, -0.05) is 6.92 Å². The van der Waals surface area contributed by atoms with Gasteiger partial charge in [0.15, 0.2) is 5.76 Å². The highest BCUT2D eigenvalue weighted by atomic mass is 16.3. The molecule has 1 aromatic rings. The SMILES string of the molecule is CCNCC1CCN(C(=O)c2ccco2)CC1. The van der Waals surface area contributed by atoms with Crippen molar-refractivity contribution in [3.05, 3.63) is 24.2 Å². The van der Waals surface area contributed by atoms with Crippen molar-refractivity contribution in [2.24, 2.45) is 5.92 Å². The Morgan fingerprint density at radius 2 is 2.29 bits per heavy atom. The van der Waals surface area contributed by atoms with Crippen LogP contribution >= 0.6 is 0 Å². The Morgan fingerprint density at radius 3 is 2.88 bits per heavy atom. The molecule has 1 fully saturated rings. The van der Waals surface area contributed by atoms with Gasteiger partial charge in [0.05, 0.1) is 6.26 Å². The Labute approximate surface area is 102 Å². The molecule has 0 bridgehead atoms. The molecule has 1 amide bonds. The van der Waals surface area contributed by atoms with Crippen molar-refractivity contribution in [2.45, 2.75) is 19.8 Å². The molecule has 2 rings (SSSR count). The highest BCUT2D eigenvalue weighted by Crippen LogP contribution is 2.18. The smallest absolute Gasteiger partial charge is 0.289 e. The fraction of sp³-hybridized carbons (Fsp3) is 0.615. The zero-order valence-electron chi connectivity index (χ0n) is 10.3. The van der Waals surface area contributed by atoms with Crippen LogP contribution in [0.3, 0.4) is 0 Å². The molecule has 1 aliphatic rings. The number of nitrogens with zero attached hydrogens (tertiary/aromatic N) is 1. The van der Waals surface area contributed by atoms with Crippen molar-refractivity contribution in [1.82, 2.24) is 10.2 Å². The largest absolute Gasteiger partial charge is 0.459 e. The predicted molar refractivity (Wildman–Crippen MR) is 65.9 cm³/mol. The Kier molecular flexibility index (Phi) is 4.20. The van der Waals surface area contributed by atoms with Gasteiger partial charge < -0.3 is 14.6 Å². The normalized spacial score (nSPS) is 17.4. The van der Waals surface area contributed by atoms with Crippen LogP contribution in [0, 0.1) is 5.92 Å². The van der Waals surface area contributed by atoms with E-state index in [0.29, 0.717) is 11.7 Å². The van der Waals surface area contributed by atoms with Crippen LogP contribution in [-0.2, 0) is 0 Å². The minimum atomic E-state index is 0.0249. The number of rotatable bonds is 4. The van der Waals surface area contributed by atoms with Crippen LogP contribution < -0.4 is 5.32 Å². The quantitative estimate of drug-likeness (QED) is 0.866. The van der Waals surface area contributed by atoms with E-state index in [9.17, 15) is 4.79 Å². The summed E-state index contributed by atoms with van der Waals surface area (Å²) in [5.74, 6) is 1.18. The van der Waals surface area contributed by atoms with Crippen LogP contribution in [0.1, 0.15) is 30.3 Å². The van der Waals surface area contributed by atoms with Gasteiger partial charge in [-0.25, -0.2) is 0 Å². The molecule has 1 aliphatic heterocycles. The molecule has 1 aromatic heterocycles. The standard InChI is InChI=1S/C13H20N2O2/c1-2-14-10-11-5-7-15(8-6-11)13(16)12-4-3-9-17-12/h3-4,9,11,14H,2,5-8,10H2,1H3. The first-order valence-electron chi connectivity index (χ1n) is 6.34. The van der Waals surface area contributed by atoms with Gasteiger partial charge in [-0.3, -0.25) is 4.79 Å². The molecule has 2 heterocycles. The third kappa shape index (κ3) is 3.09. The maximum atomic E-state index is 12.0. The highest BCUT2D eigenvalue weighted by molar-refractivity contribution is 5.91. The number of likely N-dealkylation sites (tertiary alicyclic amines) is 1. The van der Waals surface area contributed by atoms with E-state index < -0.39 is 0 Å². The molecule has 4 nitrogen and oxygen atoms in total. The summed E-state index contributed by atoms with van der Waals surface area (Å²) in [5, 5.41) is 3.37. The second-order valence-electron chi connectivity index (χ2n) is 4.52. The van der Waals surface area contributed by atoms with Gasteiger partial charge in [0, 0.05) is 13.1 Å². The van der Waals surface area contributed by atoms with Gasteiger partial charge in [-0.2, -0.15) is 0 Å². The van der Waals surface area contributed by atoms with E-state index in [1.54, 1.807) is 18.4 Å². The molecule has 1 saturated heterocycles. The Bertz CT molecular complexity index is 340. The summed E-state index contributed by atoms with van der Waals surface area (Å²) in [5.41, 5.74) is 0. The lowest BCUT2D eigenvalue weighted by atomic mass is 9.96. The van der Waals surface area contributed by atoms with Crippen molar-refractivity contribution in [1.29, 1.82) is 0 Å². The van der Waals surface area contributed by atoms with E-state index in [1.807, 2.05) is 4.90 Å². The van der Waals surface area contributed by atoms with E-state index in [1.165, 1.54) is 0 Å². The Hall–Kier alpha value is -1.29. The van der Waals surface area contributed by atoms with Crippen molar-refractivity contribution in [3.8, 4) is 0 Å². The first kappa shape index (κ1) is 12.2. The summed E-state index contributed by atoms with van der Waals surface area (Å²) in [6.07, 6.45) is 3.71. The number of hydrogen-bond acceptors (Lipinski definition) is 3. The van der Waals surface area contributed by atoms with Crippen LogP contribution in [0.25, 0.3) is 0 Å². The fourth-order valence-corrected chi connectivity index (χ4v) is 2.24. The van der Waals surface area contributed by atoms with Crippen LogP contribution in [0.15, 0.2) is 22.8 Å². The number of piperidine rings is 1. The molecular formula is C13H20N2O2. The molecule has 0 aliphatic carbocycles. The molecule has 94 valence electrons. The molecule has 17 heavy (non-hydrogen) atoms. The zero-order chi connectivity index (χ0) is 12.1. The zero-order valence-corrected chi connectivity index (χ0v) is 10.3. The maximum Gasteiger partial charge on any atom is 0.289 e. The summed E-state index contributed by atoms with van der Waals surface area (Å²) < 4.78 is 5.14. The lowest BCUT2D eigenvalue weighted by Crippen LogP contribution is -2.40. The number of hydrogen-bond donors (Lipinski definition) is 1. The topological polar surface area (TPSA) is 45.5 Å². The number of carbonyl (C=O) groups is 1. The molecule has 1 N–H and O–H groups in total. The van der Waals surface area contributed by atoms with Crippen molar-refractivity contribution in [2.75, 3.05) is 26.2 Å². The summed E-state index contributed by atoms with van der Waals surface area (Å²) in [4.78, 5) is 13.9. The lowest BCUT2D eigenvalue weighted by Gasteiger charge is -2.31. The highest BCUT2D eigenvalue weighted by Gasteiger charge is 2.24. The molecular weight excluding hydrogens is 216 g/mol. The van der Waals surface area contributed by atoms with Crippen LogP contribution in [0.2, 0.25) is 0 Å². The average molecular weight is 236 g/mol. The fourth-order valence-electron chi connectivity index (χ4n) is 2.24. The lowest BCUT2D eigenvalue weighted by molar-refractivity contribution is 0.0658. The van der Waals surface area contributed by atoms with E-state index in [2.05, 4.69) is 12.2 Å². The van der Waals surface area contributed by atoms with E-state index in [0.717, 1.165) is 39.0 Å². The van der Waals surface area contributed by atoms with Gasteiger partial charge in [-0.15, -0.1) is 0 Å². The minimum absolute atomic E-state index is 0.0249. The number of carbonyl (C=O) groups excluding carboxylic acids is 1. The summed E-state index contributed by atoms with van der Waals surface area (Å²) in [6.45, 7) is 5.89. The Morgan fingerprint density at radius 1 is 1.53 bits per heavy atom. The van der Waals surface area contributed by atoms with Crippen LogP contribution in [-0.4, -0.2) is 37.0 Å². The number of nitrogens with one attached hydrogen (secondary N) is 1. The summed E-state index contributed by atoms with van der Waals surface area (Å²) >= 11 is 0. The second-order valence-corrected chi connectivity index (χ2v) is 4.52. The van der Waals surface area contributed by atoms with Crippen molar-refractivity contribution >= 4 is 5.91 Å². The third-order valence-electron chi connectivity index (χ3n) is 3.32. The second kappa shape index (κ2) is 5.87. The van der Waals surface area contributed by atoms with Gasteiger partial charge in [0.1, 0.15) is 0 Å². The van der Waals surface area contributed by atoms with Gasteiger partial charge in [0.2, 0.25) is 0 Å². The van der Waals surface area contributed by atoms with Crippen molar-refractivity contribution in [3.63, 3.8) is 0 Å². The number of amides is 1. The van der Waals surface area contributed by atoms with Crippen LogP contribution in [0.5, 0.6) is 0 Å². The monoisotopic (exact) mass is 236 g/mol. The van der Waals surface area contributed by atoms with E-state index in [-0.39, 0.29) is 5.91 Å². The molecule has 0 unspecified atom stereocenters. The Balaban J connectivity index is 1.81. The molecule has 0 atom stereocenters. The van der Waals surface area contributed by atoms with Crippen molar-refractivity contribution < 1.29 is 9.21 Å². The van der Waals surface area contributed by atoms with Gasteiger partial charge in [0.25, 0.3) is 5.91 Å². The molecule has 0 saturated carbocycles. The first-order valence-corrected chi connectivity index (χ1v) is 6.34. The number of furan rings is 1. The molecule has 0 radical (unpaired) electrons. The third-order valence-corrected chi connectivity index (χ3v) is 3.32. The molecule has 0 spiro atoms. The summed E-state index contributed by atoms with van der Waals surface area (Å²) in [6, 6.07) is 3.48. The minimum Gasteiger partial charge on any atom is -0.459 e. The van der Waals surface area contributed by atoms with E-state index >= 15 is 0 Å². The molecule has 4 heteroatoms. The van der Waals surface area contributed by atoms with Gasteiger partial charge in [-0.05, 0) is 44.0 Å². The first-order chi connectivity index (χ1) is 8.31. The summed E-state index contributed by atoms with van der Waals surface area (Å²) in [7, 11) is 0. The average Bonchev–Trinajstić information content (AvgIpc) is 2.90. The van der Waals surface area contributed by atoms with E-state index in [4.69, 9.17) is 4.42 Å². The predicted octanol–water partition coefficient (Wildman–Crippen LogP) is 1.74. The maximum absolute atomic E-state index is 12.0. The van der Waals surface area contributed by atoms with Crippen LogP contribution in [0.4, 0.5) is 0 Å². The molecule has 0 aromatic carbocycles.